The van der Waals surface area contributed by atoms with Gasteiger partial charge in [-0.25, -0.2) is 0 Å². The zero-order valence-corrected chi connectivity index (χ0v) is 9.36. The first-order valence-corrected chi connectivity index (χ1v) is 4.83. The fourth-order valence-corrected chi connectivity index (χ4v) is 1.43. The van der Waals surface area contributed by atoms with Gasteiger partial charge in [-0.3, -0.25) is 0 Å². The summed E-state index contributed by atoms with van der Waals surface area (Å²) in [5.41, 5.74) is 5.08. The molecule has 0 aliphatic heterocycles. The number of alkyl halides is 5. The van der Waals surface area contributed by atoms with E-state index in [1.165, 1.54) is 0 Å². The molecule has 0 spiro atoms. The summed E-state index contributed by atoms with van der Waals surface area (Å²) >= 11 is 5.52. The Morgan fingerprint density at radius 1 is 1.28 bits per heavy atom. The first-order chi connectivity index (χ1) is 8.23. The lowest BCUT2D eigenvalue weighted by Crippen LogP contribution is -2.19. The van der Waals surface area contributed by atoms with E-state index in [1.807, 2.05) is 0 Å². The second kappa shape index (κ2) is 5.57. The van der Waals surface area contributed by atoms with Gasteiger partial charge in [-0.1, -0.05) is 11.6 Å². The highest BCUT2D eigenvalue weighted by Gasteiger charge is 2.33. The zero-order valence-electron chi connectivity index (χ0n) is 8.60. The van der Waals surface area contributed by atoms with E-state index < -0.39 is 24.5 Å². The summed E-state index contributed by atoms with van der Waals surface area (Å²) in [5, 5.41) is -0.142. The molecule has 0 aliphatic rings. The summed E-state index contributed by atoms with van der Waals surface area (Å²) < 4.78 is 68.0. The molecule has 1 aromatic carbocycles. The largest absolute Gasteiger partial charge is 0.573 e. The molecule has 0 heterocycles. The van der Waals surface area contributed by atoms with Crippen molar-refractivity contribution in [1.82, 2.24) is 0 Å². The van der Waals surface area contributed by atoms with Crippen molar-refractivity contribution in [2.45, 2.75) is 19.5 Å². The van der Waals surface area contributed by atoms with Crippen molar-refractivity contribution in [3.63, 3.8) is 0 Å². The van der Waals surface area contributed by atoms with Gasteiger partial charge in [0.15, 0.2) is 11.5 Å². The molecule has 0 bridgehead atoms. The zero-order chi connectivity index (χ0) is 13.9. The Hall–Kier alpha value is -1.28. The van der Waals surface area contributed by atoms with Gasteiger partial charge in [0.2, 0.25) is 0 Å². The minimum absolute atomic E-state index is 0.123. The van der Waals surface area contributed by atoms with Gasteiger partial charge in [0.1, 0.15) is 0 Å². The van der Waals surface area contributed by atoms with Gasteiger partial charge in [-0.15, -0.1) is 13.2 Å². The molecule has 0 unspecified atom stereocenters. The molecule has 0 aromatic heterocycles. The summed E-state index contributed by atoms with van der Waals surface area (Å²) in [6, 6.07) is 1.83. The summed E-state index contributed by atoms with van der Waals surface area (Å²) in [6.07, 6.45) is -5.06. The van der Waals surface area contributed by atoms with Gasteiger partial charge < -0.3 is 15.2 Å². The topological polar surface area (TPSA) is 44.5 Å². The van der Waals surface area contributed by atoms with E-state index in [9.17, 15) is 22.0 Å². The molecule has 102 valence electrons. The van der Waals surface area contributed by atoms with Crippen molar-refractivity contribution in [1.29, 1.82) is 0 Å². The van der Waals surface area contributed by atoms with Crippen LogP contribution in [-0.2, 0) is 6.54 Å². The third kappa shape index (κ3) is 4.19. The maximum atomic E-state index is 12.1. The summed E-state index contributed by atoms with van der Waals surface area (Å²) in [6.45, 7) is -3.65. The first kappa shape index (κ1) is 14.8. The summed E-state index contributed by atoms with van der Waals surface area (Å²) in [5.74, 6) is -1.75. The van der Waals surface area contributed by atoms with Crippen molar-refractivity contribution in [2.75, 3.05) is 0 Å². The Morgan fingerprint density at radius 3 is 2.33 bits per heavy atom. The lowest BCUT2D eigenvalue weighted by molar-refractivity contribution is -0.275. The lowest BCUT2D eigenvalue weighted by Gasteiger charge is -2.16. The van der Waals surface area contributed by atoms with Crippen LogP contribution in [0.5, 0.6) is 11.5 Å². The van der Waals surface area contributed by atoms with Crippen LogP contribution in [0.4, 0.5) is 22.0 Å². The highest BCUT2D eigenvalue weighted by atomic mass is 35.5. The molecule has 0 aliphatic carbocycles. The molecule has 0 fully saturated rings. The van der Waals surface area contributed by atoms with Crippen molar-refractivity contribution >= 4 is 11.6 Å². The number of halogens is 6. The maximum absolute atomic E-state index is 12.1. The molecule has 0 amide bonds. The van der Waals surface area contributed by atoms with E-state index in [-0.39, 0.29) is 17.1 Å². The molecule has 0 atom stereocenters. The predicted molar refractivity (Wildman–Crippen MR) is 52.7 cm³/mol. The van der Waals surface area contributed by atoms with Crippen LogP contribution in [0.2, 0.25) is 5.02 Å². The highest BCUT2D eigenvalue weighted by Crippen LogP contribution is 2.38. The Balaban J connectivity index is 3.23. The minimum Gasteiger partial charge on any atom is -0.430 e. The van der Waals surface area contributed by atoms with E-state index in [4.69, 9.17) is 17.3 Å². The number of ether oxygens (including phenoxy) is 2. The fourth-order valence-electron chi connectivity index (χ4n) is 1.20. The minimum atomic E-state index is -5.06. The molecule has 9 heteroatoms. The van der Waals surface area contributed by atoms with Gasteiger partial charge in [-0.2, -0.15) is 8.78 Å². The Morgan fingerprint density at radius 2 is 1.89 bits per heavy atom. The van der Waals surface area contributed by atoms with Gasteiger partial charge in [0.25, 0.3) is 0 Å². The monoisotopic (exact) mass is 291 g/mol. The molecule has 2 N–H and O–H groups in total. The summed E-state index contributed by atoms with van der Waals surface area (Å²) in [7, 11) is 0. The highest BCUT2D eigenvalue weighted by molar-refractivity contribution is 6.30. The SMILES string of the molecule is NCc1cc(Cl)cc(OC(F)(F)F)c1OC(F)F. The Bertz CT molecular complexity index is 424. The molecular weight excluding hydrogens is 285 g/mol. The second-order valence-electron chi connectivity index (χ2n) is 3.02. The van der Waals surface area contributed by atoms with Crippen molar-refractivity contribution in [2.24, 2.45) is 5.73 Å². The molecule has 18 heavy (non-hydrogen) atoms. The van der Waals surface area contributed by atoms with Crippen molar-refractivity contribution in [3.05, 3.63) is 22.7 Å². The van der Waals surface area contributed by atoms with Crippen LogP contribution in [0.25, 0.3) is 0 Å². The molecule has 1 aromatic rings. The third-order valence-corrected chi connectivity index (χ3v) is 1.97. The van der Waals surface area contributed by atoms with Crippen LogP contribution in [0.1, 0.15) is 5.56 Å². The Kier molecular flexibility index (Phi) is 4.58. The van der Waals surface area contributed by atoms with E-state index in [2.05, 4.69) is 9.47 Å². The molecule has 0 saturated heterocycles. The smallest absolute Gasteiger partial charge is 0.430 e. The van der Waals surface area contributed by atoms with E-state index in [0.29, 0.717) is 6.07 Å². The van der Waals surface area contributed by atoms with Gasteiger partial charge in [-0.05, 0) is 6.07 Å². The molecule has 3 nitrogen and oxygen atoms in total. The van der Waals surface area contributed by atoms with E-state index in [0.717, 1.165) is 6.07 Å². The average Bonchev–Trinajstić information content (AvgIpc) is 2.18. The normalized spacial score (nSPS) is 11.8. The molecular formula is C9H7ClF5NO2. The van der Waals surface area contributed by atoms with Crippen LogP contribution in [0.3, 0.4) is 0 Å². The van der Waals surface area contributed by atoms with Crippen LogP contribution < -0.4 is 15.2 Å². The van der Waals surface area contributed by atoms with E-state index in [1.54, 1.807) is 0 Å². The molecule has 0 saturated carbocycles. The number of benzene rings is 1. The first-order valence-electron chi connectivity index (χ1n) is 4.46. The van der Waals surface area contributed by atoms with Crippen LogP contribution in [0.15, 0.2) is 12.1 Å². The van der Waals surface area contributed by atoms with Gasteiger partial charge in [0.05, 0.1) is 0 Å². The van der Waals surface area contributed by atoms with E-state index >= 15 is 0 Å². The number of nitrogens with two attached hydrogens (primary N) is 1. The van der Waals surface area contributed by atoms with Gasteiger partial charge >= 0.3 is 13.0 Å². The molecule has 1 rings (SSSR count). The predicted octanol–water partition coefficient (Wildman–Crippen LogP) is 3.30. The Labute approximate surface area is 103 Å². The van der Waals surface area contributed by atoms with Crippen molar-refractivity contribution in [3.8, 4) is 11.5 Å². The molecule has 0 radical (unpaired) electrons. The second-order valence-corrected chi connectivity index (χ2v) is 3.46. The van der Waals surface area contributed by atoms with Crippen molar-refractivity contribution < 1.29 is 31.4 Å². The fraction of sp³-hybridized carbons (Fsp3) is 0.333. The summed E-state index contributed by atoms with van der Waals surface area (Å²) in [4.78, 5) is 0. The maximum Gasteiger partial charge on any atom is 0.573 e. The standard InChI is InChI=1S/C9H7ClF5NO2/c10-5-1-4(3-16)7(17-8(11)12)6(2-5)18-9(13,14)15/h1-2,8H,3,16H2. The quantitative estimate of drug-likeness (QED) is 0.866. The number of rotatable bonds is 4. The van der Waals surface area contributed by atoms with Crippen LogP contribution in [-0.4, -0.2) is 13.0 Å². The van der Waals surface area contributed by atoms with Crippen LogP contribution >= 0.6 is 11.6 Å². The van der Waals surface area contributed by atoms with Crippen LogP contribution in [0, 0.1) is 0 Å². The third-order valence-electron chi connectivity index (χ3n) is 1.75. The average molecular weight is 292 g/mol. The number of hydrogen-bond donors (Lipinski definition) is 1. The van der Waals surface area contributed by atoms with Gasteiger partial charge in [0, 0.05) is 23.2 Å². The number of hydrogen-bond acceptors (Lipinski definition) is 3. The lowest BCUT2D eigenvalue weighted by atomic mass is 10.2.